The molecular weight excluding hydrogens is 535 g/mol. The van der Waals surface area contributed by atoms with Crippen molar-refractivity contribution in [1.29, 1.82) is 0 Å². The number of fused-ring (bicyclic) bond motifs is 3. The highest BCUT2D eigenvalue weighted by molar-refractivity contribution is 5.92. The second-order valence-electron chi connectivity index (χ2n) is 10.0. The van der Waals surface area contributed by atoms with Crippen molar-refractivity contribution in [3.63, 3.8) is 0 Å². The zero-order valence-electron chi connectivity index (χ0n) is 22.1. The minimum atomic E-state index is -1.08. The zero-order valence-corrected chi connectivity index (χ0v) is 22.1. The van der Waals surface area contributed by atoms with E-state index in [-0.39, 0.29) is 41.0 Å². The summed E-state index contributed by atoms with van der Waals surface area (Å²) < 4.78 is 58.8. The number of aromatic carboxylic acids is 1. The van der Waals surface area contributed by atoms with Crippen LogP contribution in [0.3, 0.4) is 0 Å². The predicted molar refractivity (Wildman–Crippen MR) is 144 cm³/mol. The topological polar surface area (TPSA) is 86.5 Å². The van der Waals surface area contributed by atoms with E-state index in [0.717, 1.165) is 17.7 Å². The summed E-state index contributed by atoms with van der Waals surface area (Å²) in [5.41, 5.74) is 2.33. The number of ether oxygens (including phenoxy) is 2. The lowest BCUT2D eigenvalue weighted by atomic mass is 10.0. The number of hydrogen-bond donors (Lipinski definition) is 1. The standard InChI is InChI=1S/C31H24F3N3O4/c1-16-6-7-19(22(32)10-16)15-40-28-5-3-4-25(35-28)20-12-24(34)21(13-23(20)33)29-30-36-26-9-8-18(31(38)39)11-27(26)37(30)14-17(2)41-29/h3-13,17,29H,14-15H2,1-2H3,(H,38,39)/t17-,29?/m0/s1. The molecule has 0 fully saturated rings. The number of halogens is 3. The number of benzene rings is 3. The smallest absolute Gasteiger partial charge is 0.335 e. The Bertz CT molecular complexity index is 1820. The average Bonchev–Trinajstić information content (AvgIpc) is 3.31. The Morgan fingerprint density at radius 3 is 2.63 bits per heavy atom. The van der Waals surface area contributed by atoms with Crippen molar-refractivity contribution in [1.82, 2.24) is 14.5 Å². The lowest BCUT2D eigenvalue weighted by Crippen LogP contribution is -2.29. The summed E-state index contributed by atoms with van der Waals surface area (Å²) in [6, 6.07) is 16.1. The average molecular weight is 560 g/mol. The molecule has 1 aliphatic rings. The fraction of sp³-hybridized carbons (Fsp3) is 0.194. The minimum Gasteiger partial charge on any atom is -0.478 e. The van der Waals surface area contributed by atoms with Crippen molar-refractivity contribution >= 4 is 17.0 Å². The SMILES string of the molecule is Cc1ccc(COc2cccc(-c3cc(F)c(C4O[C@@H](C)Cn5c4nc4ccc(C(=O)O)cc45)cc3F)n2)c(F)c1. The molecule has 41 heavy (non-hydrogen) atoms. The molecule has 6 rings (SSSR count). The molecule has 208 valence electrons. The van der Waals surface area contributed by atoms with Crippen LogP contribution in [-0.4, -0.2) is 31.7 Å². The third kappa shape index (κ3) is 5.02. The van der Waals surface area contributed by atoms with Crippen LogP contribution in [-0.2, 0) is 17.9 Å². The summed E-state index contributed by atoms with van der Waals surface area (Å²) in [4.78, 5) is 20.4. The summed E-state index contributed by atoms with van der Waals surface area (Å²) in [5, 5.41) is 9.40. The van der Waals surface area contributed by atoms with E-state index in [9.17, 15) is 14.3 Å². The second-order valence-corrected chi connectivity index (χ2v) is 10.0. The third-order valence-corrected chi connectivity index (χ3v) is 7.02. The Labute approximate surface area is 232 Å². The molecule has 0 spiro atoms. The van der Waals surface area contributed by atoms with E-state index in [1.807, 2.05) is 0 Å². The van der Waals surface area contributed by atoms with E-state index in [4.69, 9.17) is 9.47 Å². The van der Waals surface area contributed by atoms with Crippen LogP contribution in [0, 0.1) is 24.4 Å². The fourth-order valence-corrected chi connectivity index (χ4v) is 5.00. The normalized spacial score (nSPS) is 16.5. The number of carboxylic acid groups (broad SMARTS) is 1. The van der Waals surface area contributed by atoms with Crippen LogP contribution in [0.1, 0.15) is 45.9 Å². The molecule has 5 aromatic rings. The Morgan fingerprint density at radius 1 is 1.02 bits per heavy atom. The molecular formula is C31H24F3N3O4. The molecule has 0 bridgehead atoms. The summed E-state index contributed by atoms with van der Waals surface area (Å²) in [7, 11) is 0. The Kier molecular flexibility index (Phi) is 6.70. The van der Waals surface area contributed by atoms with Gasteiger partial charge in [-0.25, -0.2) is 27.9 Å². The summed E-state index contributed by atoms with van der Waals surface area (Å²) in [6.45, 7) is 3.87. The molecule has 2 atom stereocenters. The predicted octanol–water partition coefficient (Wildman–Crippen LogP) is 6.61. The minimum absolute atomic E-state index is 0.0462. The number of rotatable bonds is 6. The van der Waals surface area contributed by atoms with E-state index in [2.05, 4.69) is 9.97 Å². The van der Waals surface area contributed by atoms with E-state index in [1.165, 1.54) is 24.3 Å². The van der Waals surface area contributed by atoms with Gasteiger partial charge in [0.15, 0.2) is 0 Å². The van der Waals surface area contributed by atoms with Gasteiger partial charge in [-0.05, 0) is 61.9 Å². The van der Waals surface area contributed by atoms with Crippen molar-refractivity contribution in [3.05, 3.63) is 112 Å². The molecule has 2 aromatic heterocycles. The van der Waals surface area contributed by atoms with Crippen molar-refractivity contribution in [2.24, 2.45) is 0 Å². The number of carbonyl (C=O) groups is 1. The summed E-state index contributed by atoms with van der Waals surface area (Å²) in [6.07, 6.45) is -1.40. The van der Waals surface area contributed by atoms with Crippen LogP contribution in [0.15, 0.2) is 66.7 Å². The number of aryl methyl sites for hydroxylation is 1. The molecule has 0 amide bonds. The maximum absolute atomic E-state index is 15.6. The zero-order chi connectivity index (χ0) is 28.8. The molecule has 10 heteroatoms. The first-order chi connectivity index (χ1) is 19.7. The van der Waals surface area contributed by atoms with E-state index < -0.39 is 29.5 Å². The Morgan fingerprint density at radius 2 is 1.85 bits per heavy atom. The summed E-state index contributed by atoms with van der Waals surface area (Å²) >= 11 is 0. The molecule has 3 heterocycles. The van der Waals surface area contributed by atoms with E-state index in [0.29, 0.717) is 29.0 Å². The van der Waals surface area contributed by atoms with Crippen LogP contribution in [0.2, 0.25) is 0 Å². The van der Waals surface area contributed by atoms with Crippen LogP contribution < -0.4 is 4.74 Å². The number of pyridine rings is 1. The Hall–Kier alpha value is -4.70. The quantitative estimate of drug-likeness (QED) is 0.252. The van der Waals surface area contributed by atoms with Gasteiger partial charge in [-0.15, -0.1) is 0 Å². The van der Waals surface area contributed by atoms with Gasteiger partial charge in [-0.2, -0.15) is 0 Å². The first-order valence-electron chi connectivity index (χ1n) is 12.9. The number of imidazole rings is 1. The van der Waals surface area contributed by atoms with Gasteiger partial charge in [0, 0.05) is 22.8 Å². The van der Waals surface area contributed by atoms with E-state index >= 15 is 8.78 Å². The number of hydrogen-bond acceptors (Lipinski definition) is 5. The van der Waals surface area contributed by atoms with Gasteiger partial charge in [0.1, 0.15) is 36.0 Å². The summed E-state index contributed by atoms with van der Waals surface area (Å²) in [5.74, 6) is -2.45. The number of aromatic nitrogens is 3. The van der Waals surface area contributed by atoms with Crippen LogP contribution in [0.25, 0.3) is 22.3 Å². The van der Waals surface area contributed by atoms with Crippen molar-refractivity contribution in [2.45, 2.75) is 39.2 Å². The molecule has 1 N–H and O–H groups in total. The highest BCUT2D eigenvalue weighted by Crippen LogP contribution is 2.37. The van der Waals surface area contributed by atoms with Crippen molar-refractivity contribution in [2.75, 3.05) is 0 Å². The van der Waals surface area contributed by atoms with Crippen LogP contribution in [0.5, 0.6) is 5.88 Å². The van der Waals surface area contributed by atoms with Gasteiger partial charge in [0.2, 0.25) is 5.88 Å². The lowest BCUT2D eigenvalue weighted by Gasteiger charge is -2.30. The molecule has 0 aliphatic carbocycles. The van der Waals surface area contributed by atoms with Gasteiger partial charge >= 0.3 is 5.97 Å². The van der Waals surface area contributed by atoms with Gasteiger partial charge in [-0.1, -0.05) is 18.2 Å². The third-order valence-electron chi connectivity index (χ3n) is 7.02. The molecule has 0 saturated heterocycles. The van der Waals surface area contributed by atoms with Crippen molar-refractivity contribution < 1.29 is 32.5 Å². The van der Waals surface area contributed by atoms with Gasteiger partial charge < -0.3 is 19.1 Å². The highest BCUT2D eigenvalue weighted by Gasteiger charge is 2.33. The molecule has 7 nitrogen and oxygen atoms in total. The van der Waals surface area contributed by atoms with E-state index in [1.54, 1.807) is 48.7 Å². The van der Waals surface area contributed by atoms with Gasteiger partial charge in [-0.3, -0.25) is 0 Å². The molecule has 0 saturated carbocycles. The molecule has 1 unspecified atom stereocenters. The fourth-order valence-electron chi connectivity index (χ4n) is 5.00. The first kappa shape index (κ1) is 26.5. The van der Waals surface area contributed by atoms with Crippen LogP contribution >= 0.6 is 0 Å². The van der Waals surface area contributed by atoms with Gasteiger partial charge in [0.25, 0.3) is 0 Å². The molecule has 3 aromatic carbocycles. The first-order valence-corrected chi connectivity index (χ1v) is 12.9. The van der Waals surface area contributed by atoms with Gasteiger partial charge in [0.05, 0.1) is 34.9 Å². The Balaban J connectivity index is 1.32. The largest absolute Gasteiger partial charge is 0.478 e. The lowest BCUT2D eigenvalue weighted by molar-refractivity contribution is -0.0187. The second kappa shape index (κ2) is 10.4. The maximum atomic E-state index is 15.6. The number of nitrogens with zero attached hydrogens (tertiary/aromatic N) is 3. The highest BCUT2D eigenvalue weighted by atomic mass is 19.1. The molecule has 1 aliphatic heterocycles. The maximum Gasteiger partial charge on any atom is 0.335 e. The van der Waals surface area contributed by atoms with Crippen molar-refractivity contribution in [3.8, 4) is 17.1 Å². The monoisotopic (exact) mass is 559 g/mol. The number of carboxylic acids is 1. The molecule has 0 radical (unpaired) electrons. The van der Waals surface area contributed by atoms with Crippen LogP contribution in [0.4, 0.5) is 13.2 Å².